The Kier molecular flexibility index (Phi) is 6.34. The van der Waals surface area contributed by atoms with Gasteiger partial charge < -0.3 is 25.0 Å². The number of likely N-dealkylation sites (tertiary alicyclic amines) is 1. The van der Waals surface area contributed by atoms with E-state index in [1.165, 1.54) is 5.56 Å². The second-order valence-electron chi connectivity index (χ2n) is 10.6. The molecule has 2 aromatic rings. The van der Waals surface area contributed by atoms with Crippen LogP contribution < -0.4 is 15.4 Å². The average Bonchev–Trinajstić information content (AvgIpc) is 3.56. The number of carbonyl (C=O) groups excluding carboxylic acids is 2. The third-order valence-corrected chi connectivity index (χ3v) is 8.56. The predicted molar refractivity (Wildman–Crippen MR) is 137 cm³/mol. The van der Waals surface area contributed by atoms with Gasteiger partial charge in [-0.15, -0.1) is 0 Å². The number of ether oxygens (including phenoxy) is 2. The first-order chi connectivity index (χ1) is 17.6. The normalized spacial score (nSPS) is 28.4. The molecule has 0 bridgehead atoms. The maximum atomic E-state index is 14.1. The monoisotopic (exact) mass is 489 g/mol. The van der Waals surface area contributed by atoms with Crippen molar-refractivity contribution in [3.05, 3.63) is 59.2 Å². The Morgan fingerprint density at radius 3 is 2.89 bits per heavy atom. The molecule has 0 unspecified atom stereocenters. The average molecular weight is 490 g/mol. The molecule has 7 nitrogen and oxygen atoms in total. The summed E-state index contributed by atoms with van der Waals surface area (Å²) in [7, 11) is 1.73. The highest BCUT2D eigenvalue weighted by molar-refractivity contribution is 5.95. The fourth-order valence-corrected chi connectivity index (χ4v) is 6.81. The molecule has 190 valence electrons. The van der Waals surface area contributed by atoms with E-state index in [0.29, 0.717) is 24.7 Å². The molecule has 0 spiro atoms. The number of rotatable bonds is 5. The summed E-state index contributed by atoms with van der Waals surface area (Å²) >= 11 is 0. The van der Waals surface area contributed by atoms with Gasteiger partial charge in [0.15, 0.2) is 0 Å². The van der Waals surface area contributed by atoms with Crippen molar-refractivity contribution in [3.63, 3.8) is 0 Å². The summed E-state index contributed by atoms with van der Waals surface area (Å²) in [5, 5.41) is 6.89. The van der Waals surface area contributed by atoms with Gasteiger partial charge in [0.25, 0.3) is 5.91 Å². The molecule has 2 fully saturated rings. The number of para-hydroxylation sites is 1. The third kappa shape index (κ3) is 4.13. The van der Waals surface area contributed by atoms with Gasteiger partial charge in [-0.2, -0.15) is 0 Å². The van der Waals surface area contributed by atoms with Crippen LogP contribution in [-0.2, 0) is 16.0 Å². The summed E-state index contributed by atoms with van der Waals surface area (Å²) < 4.78 is 11.1. The topological polar surface area (TPSA) is 79.9 Å². The van der Waals surface area contributed by atoms with E-state index in [9.17, 15) is 9.59 Å². The fraction of sp³-hybridized carbons (Fsp3) is 0.517. The number of nitrogens with one attached hydrogen (secondary N) is 2. The Hall–Kier alpha value is -3.06. The van der Waals surface area contributed by atoms with E-state index in [1.807, 2.05) is 24.3 Å². The molecular formula is C29H35N3O4. The van der Waals surface area contributed by atoms with E-state index in [4.69, 9.17) is 9.47 Å². The zero-order valence-electron chi connectivity index (χ0n) is 20.9. The zero-order chi connectivity index (χ0) is 24.6. The van der Waals surface area contributed by atoms with E-state index in [1.54, 1.807) is 7.11 Å². The zero-order valence-corrected chi connectivity index (χ0v) is 20.9. The number of nitrogens with zero attached hydrogens (tertiary/aromatic N) is 1. The number of hydrogen-bond acceptors (Lipinski definition) is 5. The van der Waals surface area contributed by atoms with E-state index < -0.39 is 0 Å². The quantitative estimate of drug-likeness (QED) is 0.665. The molecule has 2 N–H and O–H groups in total. The van der Waals surface area contributed by atoms with Crippen molar-refractivity contribution in [2.75, 3.05) is 32.2 Å². The van der Waals surface area contributed by atoms with Crippen molar-refractivity contribution in [2.45, 2.75) is 56.7 Å². The number of hydrogen-bond donors (Lipinski definition) is 2. The number of benzene rings is 2. The lowest BCUT2D eigenvalue weighted by molar-refractivity contribution is -0.139. The molecule has 1 saturated heterocycles. The minimum Gasteiger partial charge on any atom is -0.493 e. The number of anilines is 1. The van der Waals surface area contributed by atoms with E-state index in [2.05, 4.69) is 33.7 Å². The molecular weight excluding hydrogens is 454 g/mol. The molecule has 1 aliphatic carbocycles. The van der Waals surface area contributed by atoms with Crippen LogP contribution in [0, 0.1) is 11.8 Å². The van der Waals surface area contributed by atoms with Crippen LogP contribution in [0.2, 0.25) is 0 Å². The van der Waals surface area contributed by atoms with E-state index >= 15 is 0 Å². The lowest BCUT2D eigenvalue weighted by Crippen LogP contribution is -2.50. The molecule has 0 radical (unpaired) electrons. The smallest absolute Gasteiger partial charge is 0.251 e. The number of methoxy groups -OCH3 is 1. The fourth-order valence-electron chi connectivity index (χ4n) is 6.81. The van der Waals surface area contributed by atoms with Crippen LogP contribution in [0.25, 0.3) is 0 Å². The summed E-state index contributed by atoms with van der Waals surface area (Å²) in [6.07, 6.45) is 5.48. The molecule has 0 aromatic heterocycles. The molecule has 5 atom stereocenters. The van der Waals surface area contributed by atoms with Gasteiger partial charge >= 0.3 is 0 Å². The van der Waals surface area contributed by atoms with Crippen LogP contribution in [0.1, 0.15) is 59.6 Å². The molecule has 4 aliphatic rings. The van der Waals surface area contributed by atoms with Gasteiger partial charge in [-0.3, -0.25) is 9.59 Å². The summed E-state index contributed by atoms with van der Waals surface area (Å²) in [6.45, 7) is 2.03. The standard InChI is InChI=1S/C29H35N3O4/c1-35-17-25-21-12-14-32(27(21)20-6-2-4-8-23(20)30-25)29(34)22-7-3-5-9-24(22)31-28(33)19-10-11-26-18(16-19)13-15-36-26/h2,4,6,8,10-11,16,21-22,24-25,27,30H,3,5,7,9,12-15,17H2,1H3,(H,31,33)/t21-,22-,24+,25-,27-/m0/s1. The van der Waals surface area contributed by atoms with Crippen molar-refractivity contribution in [2.24, 2.45) is 11.8 Å². The highest BCUT2D eigenvalue weighted by atomic mass is 16.5. The Bertz CT molecular complexity index is 1150. The molecule has 7 heteroatoms. The molecule has 3 aliphatic heterocycles. The summed E-state index contributed by atoms with van der Waals surface area (Å²) in [4.78, 5) is 29.4. The van der Waals surface area contributed by atoms with Crippen LogP contribution in [0.5, 0.6) is 5.75 Å². The maximum Gasteiger partial charge on any atom is 0.251 e. The van der Waals surface area contributed by atoms with Gasteiger partial charge in [0.2, 0.25) is 5.91 Å². The molecule has 3 heterocycles. The van der Waals surface area contributed by atoms with Crippen molar-refractivity contribution in [1.82, 2.24) is 10.2 Å². The van der Waals surface area contributed by atoms with Gasteiger partial charge in [0.1, 0.15) is 5.75 Å². The van der Waals surface area contributed by atoms with Crippen LogP contribution in [0.15, 0.2) is 42.5 Å². The summed E-state index contributed by atoms with van der Waals surface area (Å²) in [5.74, 6) is 1.08. The van der Waals surface area contributed by atoms with Gasteiger partial charge in [-0.1, -0.05) is 31.0 Å². The number of carbonyl (C=O) groups is 2. The lowest BCUT2D eigenvalue weighted by atomic mass is 9.81. The van der Waals surface area contributed by atoms with Crippen molar-refractivity contribution in [3.8, 4) is 5.75 Å². The Morgan fingerprint density at radius 1 is 1.14 bits per heavy atom. The SMILES string of the molecule is COC[C@@H]1Nc2ccccc2[C@H]2[C@H]1CCN2C(=O)[C@H]1CCCC[C@H]1NC(=O)c1ccc2c(c1)CCO2. The predicted octanol–water partition coefficient (Wildman–Crippen LogP) is 3.94. The van der Waals surface area contributed by atoms with Crippen LogP contribution in [0.3, 0.4) is 0 Å². The second-order valence-corrected chi connectivity index (χ2v) is 10.6. The van der Waals surface area contributed by atoms with Crippen molar-refractivity contribution < 1.29 is 19.1 Å². The summed E-state index contributed by atoms with van der Waals surface area (Å²) in [6, 6.07) is 14.1. The molecule has 2 amide bonds. The first-order valence-corrected chi connectivity index (χ1v) is 13.4. The largest absolute Gasteiger partial charge is 0.493 e. The van der Waals surface area contributed by atoms with E-state index in [0.717, 1.165) is 62.1 Å². The summed E-state index contributed by atoms with van der Waals surface area (Å²) in [5.41, 5.74) is 4.01. The maximum absolute atomic E-state index is 14.1. The van der Waals surface area contributed by atoms with Gasteiger partial charge in [-0.25, -0.2) is 0 Å². The number of fused-ring (bicyclic) bond motifs is 4. The Labute approximate surface area is 212 Å². The highest BCUT2D eigenvalue weighted by Gasteiger charge is 2.48. The first kappa shape index (κ1) is 23.3. The molecule has 2 aromatic carbocycles. The molecule has 36 heavy (non-hydrogen) atoms. The first-order valence-electron chi connectivity index (χ1n) is 13.4. The van der Waals surface area contributed by atoms with Crippen molar-refractivity contribution >= 4 is 17.5 Å². The van der Waals surface area contributed by atoms with Gasteiger partial charge in [0.05, 0.1) is 31.2 Å². The Morgan fingerprint density at radius 2 is 2.00 bits per heavy atom. The van der Waals surface area contributed by atoms with Crippen LogP contribution in [0.4, 0.5) is 5.69 Å². The second kappa shape index (κ2) is 9.77. The third-order valence-electron chi connectivity index (χ3n) is 8.56. The van der Waals surface area contributed by atoms with Gasteiger partial charge in [-0.05, 0) is 54.7 Å². The van der Waals surface area contributed by atoms with E-state index in [-0.39, 0.29) is 35.9 Å². The van der Waals surface area contributed by atoms with Crippen LogP contribution >= 0.6 is 0 Å². The molecule has 6 rings (SSSR count). The van der Waals surface area contributed by atoms with Crippen molar-refractivity contribution in [1.29, 1.82) is 0 Å². The molecule has 1 saturated carbocycles. The lowest BCUT2D eigenvalue weighted by Gasteiger charge is -2.41. The minimum absolute atomic E-state index is 0.0464. The highest BCUT2D eigenvalue weighted by Crippen LogP contribution is 2.47. The van der Waals surface area contributed by atoms with Gasteiger partial charge in [0, 0.05) is 43.3 Å². The number of amides is 2. The minimum atomic E-state index is -0.192. The Balaban J connectivity index is 1.22. The van der Waals surface area contributed by atoms with Crippen LogP contribution in [-0.4, -0.2) is 55.7 Å².